The molecule has 0 radical (unpaired) electrons. The van der Waals surface area contributed by atoms with E-state index in [1.54, 1.807) is 14.5 Å². The van der Waals surface area contributed by atoms with E-state index in [9.17, 15) is 24.6 Å². The van der Waals surface area contributed by atoms with Gasteiger partial charge in [0.15, 0.2) is 5.60 Å². The minimum absolute atomic E-state index is 0.0430. The molecule has 270 valence electrons. The number of aromatic nitrogens is 3. The number of hydrogen-bond donors (Lipinski definition) is 2. The Kier molecular flexibility index (Phi) is 10.3. The number of piperidine rings is 2. The van der Waals surface area contributed by atoms with Crippen LogP contribution < -0.4 is 14.7 Å². The Balaban J connectivity index is 1.10. The second-order valence-corrected chi connectivity index (χ2v) is 14.1. The number of nitrogens with zero attached hydrogens (tertiary/aromatic N) is 6. The van der Waals surface area contributed by atoms with E-state index in [1.807, 2.05) is 103 Å². The van der Waals surface area contributed by atoms with Crippen LogP contribution in [-0.4, -0.2) is 62.6 Å². The van der Waals surface area contributed by atoms with Crippen LogP contribution in [0, 0.1) is 5.92 Å². The Hall–Kier alpha value is -5.13. The number of anilines is 3. The highest BCUT2D eigenvalue weighted by atomic mass is 16.3. The molecular formula is C41H46N6O5. The number of hydrogen-bond acceptors (Lipinski definition) is 7. The van der Waals surface area contributed by atoms with Crippen LogP contribution in [0.1, 0.15) is 80.2 Å². The first-order valence-corrected chi connectivity index (χ1v) is 18.4. The average molecular weight is 703 g/mol. The van der Waals surface area contributed by atoms with Crippen LogP contribution in [0.5, 0.6) is 0 Å². The van der Waals surface area contributed by atoms with Crippen molar-refractivity contribution in [3.05, 3.63) is 114 Å². The van der Waals surface area contributed by atoms with Gasteiger partial charge in [-0.3, -0.25) is 19.1 Å². The minimum atomic E-state index is -1.86. The van der Waals surface area contributed by atoms with Crippen molar-refractivity contribution in [1.82, 2.24) is 15.0 Å². The molecule has 2 fully saturated rings. The van der Waals surface area contributed by atoms with Gasteiger partial charge in [-0.25, -0.2) is 0 Å². The molecule has 52 heavy (non-hydrogen) atoms. The third-order valence-electron chi connectivity index (χ3n) is 10.7. The lowest BCUT2D eigenvalue weighted by atomic mass is 9.82. The highest BCUT2D eigenvalue weighted by molar-refractivity contribution is 6.08. The number of rotatable bonds is 12. The second kappa shape index (κ2) is 15.2. The fourth-order valence-corrected chi connectivity index (χ4v) is 7.67. The van der Waals surface area contributed by atoms with Crippen molar-refractivity contribution in [1.29, 1.82) is 0 Å². The Morgan fingerprint density at radius 1 is 0.865 bits per heavy atom. The molecule has 3 aromatic carbocycles. The normalized spacial score (nSPS) is 20.5. The Morgan fingerprint density at radius 2 is 1.54 bits per heavy atom. The van der Waals surface area contributed by atoms with Crippen molar-refractivity contribution in [2.45, 2.75) is 76.5 Å². The van der Waals surface area contributed by atoms with Crippen LogP contribution >= 0.6 is 0 Å². The van der Waals surface area contributed by atoms with Crippen LogP contribution in [0.25, 0.3) is 0 Å². The third kappa shape index (κ3) is 6.90. The maximum atomic E-state index is 14.4. The number of allylic oxidation sites excluding steroid dienone is 1. The van der Waals surface area contributed by atoms with Crippen molar-refractivity contribution in [3.8, 4) is 0 Å². The molecule has 3 aliphatic heterocycles. The number of benzene rings is 3. The lowest BCUT2D eigenvalue weighted by Crippen LogP contribution is -2.44. The summed E-state index contributed by atoms with van der Waals surface area (Å²) in [6.07, 6.45) is 10.9. The fourth-order valence-electron chi connectivity index (χ4n) is 7.67. The molecule has 0 spiro atoms. The fraction of sp³-hybridized carbons (Fsp3) is 0.390. The van der Waals surface area contributed by atoms with E-state index in [0.717, 1.165) is 42.5 Å². The maximum Gasteiger partial charge on any atom is 0.264 e. The lowest BCUT2D eigenvalue weighted by Gasteiger charge is -2.30. The molecule has 11 heteroatoms. The van der Waals surface area contributed by atoms with Crippen LogP contribution in [-0.2, 0) is 33.1 Å². The number of amides is 3. The SMILES string of the molecule is C[C@H](/C=C/CCn1cc(C(CO)c2ccccc2)nn1)[C@@]1(O)C(=O)N(Cc2ccc(N3CCCCC3=O)cc2)c2ccc(N3CCCCC3=O)cc21. The van der Waals surface area contributed by atoms with E-state index in [0.29, 0.717) is 61.5 Å². The standard InChI is InChI=1S/C41H46N6O5/c1-29(11-5-8-22-44-27-36(42-43-44)34(28-48)31-12-3-2-4-13-31)41(52)35-25-33(46-24-10-7-15-39(46)50)20-21-37(35)47(40(41)51)26-30-16-18-32(19-17-30)45-23-9-6-14-38(45)49/h2-5,11-13,16-21,25,27,29,34,48,52H,6-10,14-15,22-24,26,28H2,1H3/b11-5+/t29-,34?,41+/m1/s1. The smallest absolute Gasteiger partial charge is 0.264 e. The summed E-state index contributed by atoms with van der Waals surface area (Å²) < 4.78 is 1.73. The van der Waals surface area contributed by atoms with E-state index in [2.05, 4.69) is 10.3 Å². The number of aliphatic hydroxyl groups excluding tert-OH is 1. The second-order valence-electron chi connectivity index (χ2n) is 14.1. The zero-order valence-electron chi connectivity index (χ0n) is 29.6. The van der Waals surface area contributed by atoms with Crippen molar-refractivity contribution < 1.29 is 24.6 Å². The quantitative estimate of drug-likeness (QED) is 0.188. The van der Waals surface area contributed by atoms with Crippen LogP contribution in [0.3, 0.4) is 0 Å². The molecule has 11 nitrogen and oxygen atoms in total. The predicted molar refractivity (Wildman–Crippen MR) is 199 cm³/mol. The predicted octanol–water partition coefficient (Wildman–Crippen LogP) is 5.45. The molecule has 0 bridgehead atoms. The van der Waals surface area contributed by atoms with Gasteiger partial charge in [-0.05, 0) is 73.6 Å². The first kappa shape index (κ1) is 35.3. The largest absolute Gasteiger partial charge is 0.395 e. The number of aliphatic hydroxyl groups is 2. The Labute approximate surface area is 304 Å². The lowest BCUT2D eigenvalue weighted by molar-refractivity contribution is -0.139. The number of carbonyl (C=O) groups excluding carboxylic acids is 3. The molecule has 3 aliphatic rings. The highest BCUT2D eigenvalue weighted by Gasteiger charge is 2.52. The van der Waals surface area contributed by atoms with Gasteiger partial charge >= 0.3 is 0 Å². The summed E-state index contributed by atoms with van der Waals surface area (Å²) in [5.41, 5.74) is 3.30. The summed E-state index contributed by atoms with van der Waals surface area (Å²) in [6.45, 7) is 3.83. The summed E-state index contributed by atoms with van der Waals surface area (Å²) in [6, 6.07) is 23.0. The number of aryl methyl sites for hydroxylation is 1. The Morgan fingerprint density at radius 3 is 2.21 bits per heavy atom. The zero-order valence-corrected chi connectivity index (χ0v) is 29.6. The Bertz CT molecular complexity index is 1940. The summed E-state index contributed by atoms with van der Waals surface area (Å²) in [7, 11) is 0. The molecule has 2 N–H and O–H groups in total. The van der Waals surface area contributed by atoms with Crippen molar-refractivity contribution in [2.24, 2.45) is 5.92 Å². The summed E-state index contributed by atoms with van der Waals surface area (Å²) in [4.78, 5) is 44.9. The topological polar surface area (TPSA) is 132 Å². The van der Waals surface area contributed by atoms with Gasteiger partial charge in [0.25, 0.3) is 5.91 Å². The molecule has 0 aliphatic carbocycles. The van der Waals surface area contributed by atoms with E-state index in [1.165, 1.54) is 0 Å². The van der Waals surface area contributed by atoms with Crippen LogP contribution in [0.15, 0.2) is 91.1 Å². The van der Waals surface area contributed by atoms with Gasteiger partial charge in [-0.1, -0.05) is 66.8 Å². The van der Waals surface area contributed by atoms with Gasteiger partial charge in [0.1, 0.15) is 0 Å². The van der Waals surface area contributed by atoms with Crippen molar-refractivity contribution in [3.63, 3.8) is 0 Å². The minimum Gasteiger partial charge on any atom is -0.395 e. The van der Waals surface area contributed by atoms with Gasteiger partial charge in [-0.2, -0.15) is 0 Å². The van der Waals surface area contributed by atoms with Gasteiger partial charge < -0.3 is 24.9 Å². The molecular weight excluding hydrogens is 656 g/mol. The van der Waals surface area contributed by atoms with Gasteiger partial charge in [0.05, 0.1) is 30.5 Å². The molecule has 1 aromatic heterocycles. The summed E-state index contributed by atoms with van der Waals surface area (Å²) in [5, 5.41) is 31.0. The maximum absolute atomic E-state index is 14.4. The van der Waals surface area contributed by atoms with E-state index in [-0.39, 0.29) is 30.9 Å². The number of carbonyl (C=O) groups is 3. The third-order valence-corrected chi connectivity index (χ3v) is 10.7. The molecule has 7 rings (SSSR count). The number of fused-ring (bicyclic) bond motifs is 1. The van der Waals surface area contributed by atoms with Gasteiger partial charge in [0.2, 0.25) is 11.8 Å². The average Bonchev–Trinajstić information content (AvgIpc) is 3.72. The van der Waals surface area contributed by atoms with E-state index >= 15 is 0 Å². The van der Waals surface area contributed by atoms with E-state index in [4.69, 9.17) is 0 Å². The van der Waals surface area contributed by atoms with Crippen molar-refractivity contribution >= 4 is 34.8 Å². The molecule has 0 saturated carbocycles. The monoisotopic (exact) mass is 702 g/mol. The van der Waals surface area contributed by atoms with Crippen molar-refractivity contribution in [2.75, 3.05) is 34.4 Å². The van der Waals surface area contributed by atoms with Gasteiger partial charge in [-0.15, -0.1) is 5.10 Å². The summed E-state index contributed by atoms with van der Waals surface area (Å²) >= 11 is 0. The molecule has 4 heterocycles. The molecule has 2 saturated heterocycles. The first-order chi connectivity index (χ1) is 25.3. The molecule has 3 amide bonds. The molecule has 3 atom stereocenters. The van der Waals surface area contributed by atoms with Gasteiger partial charge in [0, 0.05) is 61.5 Å². The zero-order chi connectivity index (χ0) is 36.2. The molecule has 1 unspecified atom stereocenters. The highest BCUT2D eigenvalue weighted by Crippen LogP contribution is 2.47. The van der Waals surface area contributed by atoms with Crippen LogP contribution in [0.2, 0.25) is 0 Å². The first-order valence-electron chi connectivity index (χ1n) is 18.4. The molecule has 4 aromatic rings. The summed E-state index contributed by atoms with van der Waals surface area (Å²) in [5.74, 6) is -1.11. The van der Waals surface area contributed by atoms with E-state index < -0.39 is 17.4 Å². The van der Waals surface area contributed by atoms with Crippen LogP contribution in [0.4, 0.5) is 17.1 Å².